The van der Waals surface area contributed by atoms with Crippen LogP contribution in [-0.2, 0) is 0 Å². The Hall–Kier alpha value is 0. The van der Waals surface area contributed by atoms with Crippen LogP contribution in [0.5, 0.6) is 0 Å². The van der Waals surface area contributed by atoms with Gasteiger partial charge in [0.15, 0.2) is 0 Å². The van der Waals surface area contributed by atoms with E-state index in [4.69, 9.17) is 0 Å². The van der Waals surface area contributed by atoms with Gasteiger partial charge in [-0.2, -0.15) is 0 Å². The molecule has 0 saturated heterocycles. The summed E-state index contributed by atoms with van der Waals surface area (Å²) in [6.07, 6.45) is 23.2. The maximum absolute atomic E-state index is 3.67. The molecule has 1 aliphatic carbocycles. The standard InChI is InChI=1S/C21H37Br/c1-3-5-7-9-11-13-16-21(18-15-20(22)19-21)17-14-12-10-8-6-4-2/h18H,3-14,16-17,19H2,1-2H3. The summed E-state index contributed by atoms with van der Waals surface area (Å²) in [6.45, 7) is 4.59. The van der Waals surface area contributed by atoms with Gasteiger partial charge in [-0.15, -0.1) is 5.73 Å². The van der Waals surface area contributed by atoms with Gasteiger partial charge >= 0.3 is 0 Å². The van der Waals surface area contributed by atoms with E-state index in [1.807, 2.05) is 0 Å². The van der Waals surface area contributed by atoms with E-state index in [-0.39, 0.29) is 0 Å². The highest BCUT2D eigenvalue weighted by atomic mass is 79.9. The Balaban J connectivity index is 2.20. The average Bonchev–Trinajstić information content (AvgIpc) is 2.88. The summed E-state index contributed by atoms with van der Waals surface area (Å²) in [5, 5.41) is 0. The van der Waals surface area contributed by atoms with Crippen LogP contribution in [0.3, 0.4) is 0 Å². The predicted octanol–water partition coefficient (Wildman–Crippen LogP) is 8.31. The third-order valence-electron chi connectivity index (χ3n) is 5.10. The Bertz CT molecular complexity index is 320. The Morgan fingerprint density at radius 3 is 1.68 bits per heavy atom. The Morgan fingerprint density at radius 1 is 0.818 bits per heavy atom. The van der Waals surface area contributed by atoms with Crippen molar-refractivity contribution in [3.8, 4) is 0 Å². The maximum Gasteiger partial charge on any atom is 0.0374 e. The smallest absolute Gasteiger partial charge is 0.0374 e. The second-order valence-corrected chi connectivity index (χ2v) is 8.23. The van der Waals surface area contributed by atoms with Crippen LogP contribution in [0.2, 0.25) is 0 Å². The van der Waals surface area contributed by atoms with Gasteiger partial charge in [-0.3, -0.25) is 0 Å². The van der Waals surface area contributed by atoms with Crippen LogP contribution in [-0.4, -0.2) is 0 Å². The van der Waals surface area contributed by atoms with E-state index < -0.39 is 0 Å². The minimum atomic E-state index is 0.439. The molecule has 22 heavy (non-hydrogen) atoms. The van der Waals surface area contributed by atoms with Crippen molar-refractivity contribution >= 4 is 15.9 Å². The van der Waals surface area contributed by atoms with E-state index >= 15 is 0 Å². The first-order chi connectivity index (χ1) is 10.7. The van der Waals surface area contributed by atoms with Gasteiger partial charge in [0, 0.05) is 9.90 Å². The highest BCUT2D eigenvalue weighted by Crippen LogP contribution is 2.43. The zero-order valence-corrected chi connectivity index (χ0v) is 16.6. The molecule has 128 valence electrons. The third kappa shape index (κ3) is 8.59. The molecule has 0 heterocycles. The molecule has 0 aromatic rings. The summed E-state index contributed by atoms with van der Waals surface area (Å²) < 4.78 is 1.30. The van der Waals surface area contributed by atoms with Gasteiger partial charge in [0.25, 0.3) is 0 Å². The van der Waals surface area contributed by atoms with Crippen LogP contribution >= 0.6 is 15.9 Å². The lowest BCUT2D eigenvalue weighted by molar-refractivity contribution is 0.304. The topological polar surface area (TPSA) is 0 Å². The molecule has 1 rings (SSSR count). The van der Waals surface area contributed by atoms with Gasteiger partial charge in [-0.25, -0.2) is 0 Å². The van der Waals surface area contributed by atoms with E-state index in [2.05, 4.69) is 41.6 Å². The molecule has 1 aliphatic rings. The fraction of sp³-hybridized carbons (Fsp3) is 0.857. The van der Waals surface area contributed by atoms with Crippen LogP contribution in [0.25, 0.3) is 0 Å². The summed E-state index contributed by atoms with van der Waals surface area (Å²) in [5.74, 6) is 0. The largest absolute Gasteiger partial charge is 0.114 e. The van der Waals surface area contributed by atoms with Crippen molar-refractivity contribution < 1.29 is 0 Å². The molecule has 0 fully saturated rings. The fourth-order valence-corrected chi connectivity index (χ4v) is 4.28. The molecule has 0 spiro atoms. The highest BCUT2D eigenvalue weighted by Gasteiger charge is 2.30. The van der Waals surface area contributed by atoms with Gasteiger partial charge in [-0.05, 0) is 41.3 Å². The van der Waals surface area contributed by atoms with Crippen LogP contribution < -0.4 is 0 Å². The predicted molar refractivity (Wildman–Crippen MR) is 104 cm³/mol. The first kappa shape index (κ1) is 20.0. The molecule has 0 unspecified atom stereocenters. The number of allylic oxidation sites excluding steroid dienone is 1. The van der Waals surface area contributed by atoms with Gasteiger partial charge in [0.2, 0.25) is 0 Å². The summed E-state index contributed by atoms with van der Waals surface area (Å²) in [5.41, 5.74) is 3.88. The zero-order chi connectivity index (χ0) is 16.1. The van der Waals surface area contributed by atoms with Crippen molar-refractivity contribution in [3.63, 3.8) is 0 Å². The van der Waals surface area contributed by atoms with Gasteiger partial charge in [0.05, 0.1) is 0 Å². The number of hydrogen-bond donors (Lipinski definition) is 0. The fourth-order valence-electron chi connectivity index (χ4n) is 3.60. The van der Waals surface area contributed by atoms with Crippen molar-refractivity contribution in [3.05, 3.63) is 16.3 Å². The third-order valence-corrected chi connectivity index (χ3v) is 5.61. The van der Waals surface area contributed by atoms with Crippen LogP contribution in [0.4, 0.5) is 0 Å². The Kier molecular flexibility index (Phi) is 11.3. The second kappa shape index (κ2) is 12.4. The number of unbranched alkanes of at least 4 members (excludes halogenated alkanes) is 10. The summed E-state index contributed by atoms with van der Waals surface area (Å²) in [6, 6.07) is 0. The van der Waals surface area contributed by atoms with Crippen LogP contribution in [0.1, 0.15) is 110 Å². The molecule has 1 heteroatoms. The molecule has 0 amide bonds. The van der Waals surface area contributed by atoms with E-state index in [1.165, 1.54) is 101 Å². The molecule has 0 atom stereocenters. The second-order valence-electron chi connectivity index (χ2n) is 7.27. The molecule has 0 bridgehead atoms. The summed E-state index contributed by atoms with van der Waals surface area (Å²) in [7, 11) is 0. The van der Waals surface area contributed by atoms with Crippen molar-refractivity contribution in [2.75, 3.05) is 0 Å². The molecular formula is C21H37Br. The zero-order valence-electron chi connectivity index (χ0n) is 15.1. The Labute approximate surface area is 148 Å². The molecule has 0 aromatic heterocycles. The van der Waals surface area contributed by atoms with Crippen molar-refractivity contribution in [1.82, 2.24) is 0 Å². The molecule has 0 aliphatic heterocycles. The number of halogens is 1. The number of rotatable bonds is 14. The van der Waals surface area contributed by atoms with Gasteiger partial charge in [-0.1, -0.05) is 90.9 Å². The highest BCUT2D eigenvalue weighted by molar-refractivity contribution is 9.11. The molecular weight excluding hydrogens is 332 g/mol. The van der Waals surface area contributed by atoms with E-state index in [0.717, 1.165) is 0 Å². The minimum Gasteiger partial charge on any atom is -0.114 e. The van der Waals surface area contributed by atoms with Crippen LogP contribution in [0.15, 0.2) is 16.3 Å². The average molecular weight is 369 g/mol. The normalized spacial score (nSPS) is 16.2. The van der Waals surface area contributed by atoms with Gasteiger partial charge < -0.3 is 0 Å². The van der Waals surface area contributed by atoms with Crippen molar-refractivity contribution in [1.29, 1.82) is 0 Å². The lowest BCUT2D eigenvalue weighted by atomic mass is 9.77. The molecule has 0 saturated carbocycles. The lowest BCUT2D eigenvalue weighted by Crippen LogP contribution is -2.16. The van der Waals surface area contributed by atoms with Crippen molar-refractivity contribution in [2.24, 2.45) is 5.41 Å². The van der Waals surface area contributed by atoms with E-state index in [0.29, 0.717) is 5.41 Å². The maximum atomic E-state index is 3.67. The van der Waals surface area contributed by atoms with Crippen molar-refractivity contribution in [2.45, 2.75) is 110 Å². The van der Waals surface area contributed by atoms with Crippen LogP contribution in [0, 0.1) is 5.41 Å². The molecule has 0 nitrogen and oxygen atoms in total. The van der Waals surface area contributed by atoms with Gasteiger partial charge in [0.1, 0.15) is 0 Å². The summed E-state index contributed by atoms with van der Waals surface area (Å²) in [4.78, 5) is 0. The monoisotopic (exact) mass is 368 g/mol. The molecule has 0 radical (unpaired) electrons. The first-order valence-electron chi connectivity index (χ1n) is 9.84. The minimum absolute atomic E-state index is 0.439. The van der Waals surface area contributed by atoms with E-state index in [1.54, 1.807) is 0 Å². The first-order valence-corrected chi connectivity index (χ1v) is 10.6. The quantitative estimate of drug-likeness (QED) is 0.213. The molecule has 0 N–H and O–H groups in total. The van der Waals surface area contributed by atoms with E-state index in [9.17, 15) is 0 Å². The lowest BCUT2D eigenvalue weighted by Gasteiger charge is -2.27. The number of hydrogen-bond acceptors (Lipinski definition) is 0. The summed E-state index contributed by atoms with van der Waals surface area (Å²) >= 11 is 3.67. The SMILES string of the molecule is CCCCCCCCC1(CCCCCCCC)C=C=C(Br)C1. The molecule has 0 aromatic carbocycles. The Morgan fingerprint density at radius 2 is 1.27 bits per heavy atom.